The maximum atomic E-state index is 11.7. The second kappa shape index (κ2) is 5.37. The minimum atomic E-state index is -0.890. The predicted molar refractivity (Wildman–Crippen MR) is 78.0 cm³/mol. The van der Waals surface area contributed by atoms with Gasteiger partial charge in [-0.1, -0.05) is 18.2 Å². The molecule has 23 heavy (non-hydrogen) atoms. The number of cyclic esters (lactones) is 1. The molecule has 0 aromatic heterocycles. The minimum absolute atomic E-state index is 0.0232. The molecule has 2 aromatic carbocycles. The van der Waals surface area contributed by atoms with Crippen molar-refractivity contribution >= 4 is 23.0 Å². The average Bonchev–Trinajstić information content (AvgIpc) is 2.84. The molecule has 0 saturated carbocycles. The van der Waals surface area contributed by atoms with Crippen molar-refractivity contribution in [2.24, 2.45) is 0 Å². The third-order valence-corrected chi connectivity index (χ3v) is 3.36. The molecule has 1 atom stereocenters. The van der Waals surface area contributed by atoms with E-state index in [2.05, 4.69) is 5.32 Å². The van der Waals surface area contributed by atoms with Crippen LogP contribution in [0.1, 0.15) is 22.1 Å². The van der Waals surface area contributed by atoms with Crippen LogP contribution in [0, 0.1) is 20.2 Å². The number of esters is 1. The standard InChI is InChI=1S/C14H9N3O6/c18-14-10-4-2-1-3-9(10)13(23-14)15-11-6-5-8(16(19)20)7-12(11)17(21)22/h1-7,13,15H. The van der Waals surface area contributed by atoms with Gasteiger partial charge in [0, 0.05) is 11.6 Å². The van der Waals surface area contributed by atoms with Crippen LogP contribution in [0.5, 0.6) is 0 Å². The van der Waals surface area contributed by atoms with Crippen molar-refractivity contribution in [3.05, 3.63) is 73.8 Å². The largest absolute Gasteiger partial charge is 0.434 e. The molecule has 0 saturated heterocycles. The molecule has 0 fully saturated rings. The van der Waals surface area contributed by atoms with Crippen LogP contribution in [0.15, 0.2) is 42.5 Å². The van der Waals surface area contributed by atoms with Crippen molar-refractivity contribution < 1.29 is 19.4 Å². The molecular weight excluding hydrogens is 306 g/mol. The molecule has 9 heteroatoms. The van der Waals surface area contributed by atoms with Crippen LogP contribution in [-0.4, -0.2) is 15.8 Å². The Bertz CT molecular complexity index is 835. The van der Waals surface area contributed by atoms with Crippen LogP contribution >= 0.6 is 0 Å². The van der Waals surface area contributed by atoms with E-state index in [1.165, 1.54) is 6.07 Å². The summed E-state index contributed by atoms with van der Waals surface area (Å²) in [5.74, 6) is -0.539. The van der Waals surface area contributed by atoms with Crippen molar-refractivity contribution in [2.45, 2.75) is 6.23 Å². The maximum Gasteiger partial charge on any atom is 0.340 e. The van der Waals surface area contributed by atoms with Crippen molar-refractivity contribution in [3.63, 3.8) is 0 Å². The number of nitrogens with zero attached hydrogens (tertiary/aromatic N) is 2. The van der Waals surface area contributed by atoms with E-state index in [-0.39, 0.29) is 5.69 Å². The summed E-state index contributed by atoms with van der Waals surface area (Å²) in [6.07, 6.45) is -0.890. The van der Waals surface area contributed by atoms with Crippen molar-refractivity contribution in [1.82, 2.24) is 0 Å². The highest BCUT2D eigenvalue weighted by Gasteiger charge is 2.32. The molecule has 0 aliphatic carbocycles. The summed E-state index contributed by atoms with van der Waals surface area (Å²) in [4.78, 5) is 32.1. The fraction of sp³-hybridized carbons (Fsp3) is 0.0714. The van der Waals surface area contributed by atoms with E-state index < -0.39 is 33.4 Å². The Kier molecular flexibility index (Phi) is 3.37. The summed E-state index contributed by atoms with van der Waals surface area (Å²) < 4.78 is 5.14. The van der Waals surface area contributed by atoms with E-state index in [4.69, 9.17) is 4.74 Å². The Morgan fingerprint density at radius 3 is 2.48 bits per heavy atom. The summed E-state index contributed by atoms with van der Waals surface area (Å²) in [6, 6.07) is 9.84. The van der Waals surface area contributed by atoms with Gasteiger partial charge in [0.1, 0.15) is 5.69 Å². The molecule has 1 N–H and O–H groups in total. The molecule has 9 nitrogen and oxygen atoms in total. The number of nitro benzene ring substituents is 2. The summed E-state index contributed by atoms with van der Waals surface area (Å²) >= 11 is 0. The number of fused-ring (bicyclic) bond motifs is 1. The number of carbonyl (C=O) groups excluding carboxylic acids is 1. The first-order chi connectivity index (χ1) is 11.0. The van der Waals surface area contributed by atoms with E-state index in [9.17, 15) is 25.0 Å². The Balaban J connectivity index is 1.97. The molecule has 2 aromatic rings. The second-order valence-corrected chi connectivity index (χ2v) is 4.73. The molecule has 1 aliphatic heterocycles. The van der Waals surface area contributed by atoms with Gasteiger partial charge in [-0.2, -0.15) is 0 Å². The van der Waals surface area contributed by atoms with Gasteiger partial charge in [-0.05, 0) is 12.1 Å². The SMILES string of the molecule is O=C1OC(Nc2ccc([N+](=O)[O-])cc2[N+](=O)[O-])c2ccccc21. The van der Waals surface area contributed by atoms with E-state index in [1.54, 1.807) is 24.3 Å². The second-order valence-electron chi connectivity index (χ2n) is 4.73. The van der Waals surface area contributed by atoms with Crippen LogP contribution in [0.4, 0.5) is 17.1 Å². The minimum Gasteiger partial charge on any atom is -0.434 e. The molecule has 1 heterocycles. The van der Waals surface area contributed by atoms with Crippen LogP contribution in [0.2, 0.25) is 0 Å². The summed E-state index contributed by atoms with van der Waals surface area (Å²) in [5, 5.41) is 24.6. The van der Waals surface area contributed by atoms with Crippen LogP contribution in [0.25, 0.3) is 0 Å². The first kappa shape index (κ1) is 14.4. The van der Waals surface area contributed by atoms with Gasteiger partial charge in [-0.15, -0.1) is 0 Å². The third kappa shape index (κ3) is 2.55. The lowest BCUT2D eigenvalue weighted by Crippen LogP contribution is -2.11. The zero-order chi connectivity index (χ0) is 16.6. The van der Waals surface area contributed by atoms with Gasteiger partial charge < -0.3 is 10.1 Å². The first-order valence-electron chi connectivity index (χ1n) is 6.46. The van der Waals surface area contributed by atoms with Gasteiger partial charge >= 0.3 is 5.97 Å². The Hall–Kier alpha value is -3.49. The number of ether oxygens (including phenoxy) is 1. The summed E-state index contributed by atoms with van der Waals surface area (Å²) in [5.41, 5.74) is 0.0699. The number of hydrogen-bond donors (Lipinski definition) is 1. The van der Waals surface area contributed by atoms with E-state index in [1.807, 2.05) is 0 Å². The van der Waals surface area contributed by atoms with Crippen molar-refractivity contribution in [3.8, 4) is 0 Å². The van der Waals surface area contributed by atoms with E-state index >= 15 is 0 Å². The monoisotopic (exact) mass is 315 g/mol. The number of non-ortho nitro benzene ring substituents is 1. The normalized spacial score (nSPS) is 15.7. The highest BCUT2D eigenvalue weighted by molar-refractivity contribution is 5.94. The fourth-order valence-electron chi connectivity index (χ4n) is 2.30. The average molecular weight is 315 g/mol. The number of carbonyl (C=O) groups is 1. The molecule has 1 unspecified atom stereocenters. The van der Waals surface area contributed by atoms with E-state index in [0.29, 0.717) is 11.1 Å². The molecule has 0 spiro atoms. The first-order valence-corrected chi connectivity index (χ1v) is 6.46. The number of nitrogens with one attached hydrogen (secondary N) is 1. The molecule has 0 radical (unpaired) electrons. The predicted octanol–water partition coefficient (Wildman–Crippen LogP) is 2.78. The number of nitro groups is 2. The van der Waals surface area contributed by atoms with Crippen LogP contribution in [-0.2, 0) is 4.74 Å². The molecule has 3 rings (SSSR count). The maximum absolute atomic E-state index is 11.7. The highest BCUT2D eigenvalue weighted by atomic mass is 16.6. The molecule has 0 bridgehead atoms. The highest BCUT2D eigenvalue weighted by Crippen LogP contribution is 2.35. The summed E-state index contributed by atoms with van der Waals surface area (Å²) in [7, 11) is 0. The topological polar surface area (TPSA) is 125 Å². The van der Waals surface area contributed by atoms with Gasteiger partial charge in [0.05, 0.1) is 21.5 Å². The van der Waals surface area contributed by atoms with Gasteiger partial charge in [0.15, 0.2) is 0 Å². The van der Waals surface area contributed by atoms with Crippen molar-refractivity contribution in [1.29, 1.82) is 0 Å². The van der Waals surface area contributed by atoms with E-state index in [0.717, 1.165) is 12.1 Å². The lowest BCUT2D eigenvalue weighted by molar-refractivity contribution is -0.393. The number of anilines is 1. The van der Waals surface area contributed by atoms with Crippen LogP contribution < -0.4 is 5.32 Å². The van der Waals surface area contributed by atoms with Gasteiger partial charge in [-0.3, -0.25) is 20.2 Å². The number of rotatable bonds is 4. The lowest BCUT2D eigenvalue weighted by Gasteiger charge is -2.14. The number of hydrogen-bond acceptors (Lipinski definition) is 7. The fourth-order valence-corrected chi connectivity index (χ4v) is 2.30. The Labute approximate surface area is 128 Å². The smallest absolute Gasteiger partial charge is 0.340 e. The van der Waals surface area contributed by atoms with Crippen molar-refractivity contribution in [2.75, 3.05) is 5.32 Å². The lowest BCUT2D eigenvalue weighted by atomic mass is 10.1. The van der Waals surface area contributed by atoms with Crippen LogP contribution in [0.3, 0.4) is 0 Å². The Morgan fingerprint density at radius 2 is 1.78 bits per heavy atom. The molecular formula is C14H9N3O6. The molecule has 0 amide bonds. The zero-order valence-electron chi connectivity index (χ0n) is 11.5. The van der Waals surface area contributed by atoms with Gasteiger partial charge in [0.25, 0.3) is 11.4 Å². The van der Waals surface area contributed by atoms with Gasteiger partial charge in [-0.25, -0.2) is 4.79 Å². The number of benzene rings is 2. The van der Waals surface area contributed by atoms with Gasteiger partial charge in [0.2, 0.25) is 6.23 Å². The molecule has 1 aliphatic rings. The molecule has 116 valence electrons. The third-order valence-electron chi connectivity index (χ3n) is 3.36. The quantitative estimate of drug-likeness (QED) is 0.522. The zero-order valence-corrected chi connectivity index (χ0v) is 11.5. The summed E-state index contributed by atoms with van der Waals surface area (Å²) in [6.45, 7) is 0. The Morgan fingerprint density at radius 1 is 1.04 bits per heavy atom.